The van der Waals surface area contributed by atoms with Gasteiger partial charge >= 0.3 is 0 Å². The van der Waals surface area contributed by atoms with Gasteiger partial charge in [0.25, 0.3) is 0 Å². The average Bonchev–Trinajstić information content (AvgIpc) is 3.18. The molecule has 2 heterocycles. The number of hydrogen-bond acceptors (Lipinski definition) is 3. The minimum absolute atomic E-state index is 0. The molecule has 0 aliphatic carbocycles. The Morgan fingerprint density at radius 1 is 1.42 bits per heavy atom. The summed E-state index contributed by atoms with van der Waals surface area (Å²) in [5.41, 5.74) is 3.15. The van der Waals surface area contributed by atoms with Gasteiger partial charge in [0.15, 0.2) is 0 Å². The number of rotatable bonds is 5. The smallest absolute Gasteiger partial charge is 0.237 e. The molecule has 1 aliphatic heterocycles. The predicted octanol–water partition coefficient (Wildman–Crippen LogP) is 2.40. The van der Waals surface area contributed by atoms with Gasteiger partial charge in [-0.15, -0.1) is 12.4 Å². The van der Waals surface area contributed by atoms with Gasteiger partial charge in [-0.2, -0.15) is 5.10 Å². The van der Waals surface area contributed by atoms with E-state index in [-0.39, 0.29) is 30.4 Å². The lowest BCUT2D eigenvalue weighted by Gasteiger charge is -2.18. The zero-order valence-electron chi connectivity index (χ0n) is 14.2. The number of nitrogens with one attached hydrogen (secondary N) is 2. The molecule has 2 unspecified atom stereocenters. The Morgan fingerprint density at radius 3 is 2.83 bits per heavy atom. The third-order valence-electron chi connectivity index (χ3n) is 4.19. The summed E-state index contributed by atoms with van der Waals surface area (Å²) in [6.45, 7) is 4.98. The maximum Gasteiger partial charge on any atom is 0.237 e. The van der Waals surface area contributed by atoms with Crippen LogP contribution < -0.4 is 10.6 Å². The van der Waals surface area contributed by atoms with Gasteiger partial charge in [-0.25, -0.2) is 4.68 Å². The van der Waals surface area contributed by atoms with Crippen LogP contribution in [0.25, 0.3) is 5.69 Å². The molecule has 0 spiro atoms. The lowest BCUT2D eigenvalue weighted by molar-refractivity contribution is -0.123. The molecular weight excluding hydrogens is 324 g/mol. The zero-order valence-corrected chi connectivity index (χ0v) is 15.0. The molecule has 0 saturated carbocycles. The van der Waals surface area contributed by atoms with Crippen LogP contribution in [0.15, 0.2) is 36.4 Å². The van der Waals surface area contributed by atoms with Gasteiger partial charge < -0.3 is 10.6 Å². The van der Waals surface area contributed by atoms with E-state index in [0.29, 0.717) is 0 Å². The number of halogens is 1. The Bertz CT molecular complexity index is 665. The normalized spacial score (nSPS) is 18.0. The minimum Gasteiger partial charge on any atom is -0.352 e. The Morgan fingerprint density at radius 2 is 2.17 bits per heavy atom. The number of aromatic nitrogens is 2. The Kier molecular flexibility index (Phi) is 6.40. The maximum atomic E-state index is 12.2. The van der Waals surface area contributed by atoms with Crippen molar-refractivity contribution in [2.45, 2.75) is 45.2 Å². The summed E-state index contributed by atoms with van der Waals surface area (Å²) >= 11 is 0. The van der Waals surface area contributed by atoms with Gasteiger partial charge in [-0.3, -0.25) is 4.79 Å². The van der Waals surface area contributed by atoms with Gasteiger partial charge in [0.1, 0.15) is 0 Å². The highest BCUT2D eigenvalue weighted by molar-refractivity contribution is 5.85. The Balaban J connectivity index is 0.00000208. The lowest BCUT2D eigenvalue weighted by atomic mass is 10.1. The van der Waals surface area contributed by atoms with E-state index in [1.807, 2.05) is 48.9 Å². The molecule has 1 aliphatic rings. The maximum absolute atomic E-state index is 12.2. The van der Waals surface area contributed by atoms with Gasteiger partial charge in [-0.05, 0) is 51.4 Å². The van der Waals surface area contributed by atoms with Gasteiger partial charge in [0, 0.05) is 18.2 Å². The molecule has 1 aromatic heterocycles. The molecule has 5 nitrogen and oxygen atoms in total. The SMILES string of the molecule is Cc1cc(CC(C)NC(=O)C2CCCN2)n(-c2ccccc2)n1.Cl. The standard InChI is InChI=1S/C18H24N4O.ClH/c1-13(20-18(23)17-9-6-10-19-17)11-16-12-14(2)21-22(16)15-7-4-3-5-8-15;/h3-5,7-8,12-13,17,19H,6,9-11H2,1-2H3,(H,20,23);1H. The minimum atomic E-state index is -0.0294. The molecule has 2 N–H and O–H groups in total. The fourth-order valence-corrected chi connectivity index (χ4v) is 3.11. The monoisotopic (exact) mass is 348 g/mol. The first kappa shape index (κ1) is 18.5. The van der Waals surface area contributed by atoms with Gasteiger partial charge in [0.2, 0.25) is 5.91 Å². The van der Waals surface area contributed by atoms with Crippen LogP contribution in [0, 0.1) is 6.92 Å². The summed E-state index contributed by atoms with van der Waals surface area (Å²) in [4.78, 5) is 12.2. The van der Waals surface area contributed by atoms with Crippen molar-refractivity contribution in [1.82, 2.24) is 20.4 Å². The van der Waals surface area contributed by atoms with Crippen molar-refractivity contribution in [3.63, 3.8) is 0 Å². The molecule has 3 rings (SSSR count). The van der Waals surface area contributed by atoms with E-state index < -0.39 is 0 Å². The van der Waals surface area contributed by atoms with Crippen LogP contribution in [-0.2, 0) is 11.2 Å². The fourth-order valence-electron chi connectivity index (χ4n) is 3.11. The summed E-state index contributed by atoms with van der Waals surface area (Å²) in [5.74, 6) is 0.109. The number of aryl methyl sites for hydroxylation is 1. The quantitative estimate of drug-likeness (QED) is 0.872. The molecule has 2 atom stereocenters. The number of hydrogen-bond donors (Lipinski definition) is 2. The third kappa shape index (κ3) is 4.36. The predicted molar refractivity (Wildman–Crippen MR) is 97.9 cm³/mol. The molecular formula is C18H25ClN4O. The van der Waals surface area contributed by atoms with Crippen LogP contribution in [0.5, 0.6) is 0 Å². The van der Waals surface area contributed by atoms with E-state index in [1.165, 1.54) is 0 Å². The van der Waals surface area contributed by atoms with Crippen LogP contribution in [0.2, 0.25) is 0 Å². The van der Waals surface area contributed by atoms with Crippen LogP contribution in [0.4, 0.5) is 0 Å². The molecule has 0 radical (unpaired) electrons. The van der Waals surface area contributed by atoms with Crippen molar-refractivity contribution in [3.05, 3.63) is 47.8 Å². The van der Waals surface area contributed by atoms with Crippen molar-refractivity contribution in [1.29, 1.82) is 0 Å². The number of nitrogens with zero attached hydrogens (tertiary/aromatic N) is 2. The second-order valence-corrected chi connectivity index (χ2v) is 6.29. The molecule has 1 fully saturated rings. The summed E-state index contributed by atoms with van der Waals surface area (Å²) in [5, 5.41) is 10.9. The number of carbonyl (C=O) groups is 1. The number of carbonyl (C=O) groups excluding carboxylic acids is 1. The Labute approximate surface area is 149 Å². The van der Waals surface area contributed by atoms with E-state index in [9.17, 15) is 4.79 Å². The highest BCUT2D eigenvalue weighted by Crippen LogP contribution is 2.14. The third-order valence-corrected chi connectivity index (χ3v) is 4.19. The first-order valence-corrected chi connectivity index (χ1v) is 8.28. The molecule has 1 saturated heterocycles. The van der Waals surface area contributed by atoms with Crippen molar-refractivity contribution in [2.24, 2.45) is 0 Å². The van der Waals surface area contributed by atoms with Crippen LogP contribution in [-0.4, -0.2) is 34.3 Å². The largest absolute Gasteiger partial charge is 0.352 e. The molecule has 6 heteroatoms. The van der Waals surface area contributed by atoms with E-state index in [0.717, 1.165) is 42.9 Å². The second-order valence-electron chi connectivity index (χ2n) is 6.29. The molecule has 1 aromatic carbocycles. The average molecular weight is 349 g/mol. The number of amides is 1. The molecule has 130 valence electrons. The molecule has 0 bridgehead atoms. The molecule has 24 heavy (non-hydrogen) atoms. The lowest BCUT2D eigenvalue weighted by Crippen LogP contribution is -2.45. The summed E-state index contributed by atoms with van der Waals surface area (Å²) in [7, 11) is 0. The van der Waals surface area contributed by atoms with E-state index in [2.05, 4.69) is 21.8 Å². The van der Waals surface area contributed by atoms with Crippen molar-refractivity contribution in [2.75, 3.05) is 6.54 Å². The second kappa shape index (κ2) is 8.31. The summed E-state index contributed by atoms with van der Waals surface area (Å²) in [6.07, 6.45) is 2.76. The van der Waals surface area contributed by atoms with Crippen LogP contribution >= 0.6 is 12.4 Å². The number of para-hydroxylation sites is 1. The first-order valence-electron chi connectivity index (χ1n) is 8.28. The zero-order chi connectivity index (χ0) is 16.2. The van der Waals surface area contributed by atoms with Crippen molar-refractivity contribution >= 4 is 18.3 Å². The Hall–Kier alpha value is -1.85. The van der Waals surface area contributed by atoms with Crippen LogP contribution in [0.3, 0.4) is 0 Å². The first-order chi connectivity index (χ1) is 11.1. The topological polar surface area (TPSA) is 59.0 Å². The van der Waals surface area contributed by atoms with Crippen molar-refractivity contribution in [3.8, 4) is 5.69 Å². The summed E-state index contributed by atoms with van der Waals surface area (Å²) < 4.78 is 1.96. The van der Waals surface area contributed by atoms with Gasteiger partial charge in [-0.1, -0.05) is 18.2 Å². The van der Waals surface area contributed by atoms with E-state index in [1.54, 1.807) is 0 Å². The fraction of sp³-hybridized carbons (Fsp3) is 0.444. The highest BCUT2D eigenvalue weighted by atomic mass is 35.5. The van der Waals surface area contributed by atoms with Crippen LogP contribution in [0.1, 0.15) is 31.2 Å². The van der Waals surface area contributed by atoms with Gasteiger partial charge in [0.05, 0.1) is 17.4 Å². The van der Waals surface area contributed by atoms with Crippen molar-refractivity contribution < 1.29 is 4.79 Å². The van der Waals surface area contributed by atoms with E-state index in [4.69, 9.17) is 0 Å². The number of benzene rings is 1. The molecule has 2 aromatic rings. The molecule has 1 amide bonds. The van der Waals surface area contributed by atoms with E-state index >= 15 is 0 Å². The summed E-state index contributed by atoms with van der Waals surface area (Å²) in [6, 6.07) is 12.2. The highest BCUT2D eigenvalue weighted by Gasteiger charge is 2.23.